The van der Waals surface area contributed by atoms with Gasteiger partial charge in [-0.25, -0.2) is 0 Å². The lowest BCUT2D eigenvalue weighted by Gasteiger charge is -2.44. The van der Waals surface area contributed by atoms with Gasteiger partial charge in [-0.1, -0.05) is 0 Å². The summed E-state index contributed by atoms with van der Waals surface area (Å²) < 4.78 is 5.37. The summed E-state index contributed by atoms with van der Waals surface area (Å²) in [6.07, 6.45) is 0. The first-order valence-electron chi connectivity index (χ1n) is 7.35. The predicted molar refractivity (Wildman–Crippen MR) is 72.1 cm³/mol. The molecule has 1 N–H and O–H groups in total. The number of fused-ring (bicyclic) bond motifs is 1. The summed E-state index contributed by atoms with van der Waals surface area (Å²) in [7, 11) is 0. The molecular formula is C13H24N4O2. The molecule has 6 nitrogen and oxygen atoms in total. The zero-order chi connectivity index (χ0) is 13.1. The average molecular weight is 268 g/mol. The summed E-state index contributed by atoms with van der Waals surface area (Å²) in [5, 5.41) is 3.21. The molecule has 3 rings (SSSR count). The van der Waals surface area contributed by atoms with Crippen LogP contribution in [0, 0.1) is 0 Å². The molecule has 1 unspecified atom stereocenters. The topological polar surface area (TPSA) is 48.1 Å². The Kier molecular flexibility index (Phi) is 4.32. The molecule has 0 spiro atoms. The Bertz CT molecular complexity index is 320. The van der Waals surface area contributed by atoms with Crippen LogP contribution < -0.4 is 5.32 Å². The molecule has 0 aromatic rings. The number of carbonyl (C=O) groups excluding carboxylic acids is 1. The minimum Gasteiger partial charge on any atom is -0.379 e. The van der Waals surface area contributed by atoms with Crippen LogP contribution in [0.15, 0.2) is 0 Å². The van der Waals surface area contributed by atoms with Crippen molar-refractivity contribution in [3.05, 3.63) is 0 Å². The zero-order valence-electron chi connectivity index (χ0n) is 11.5. The van der Waals surface area contributed by atoms with Gasteiger partial charge < -0.3 is 15.0 Å². The van der Waals surface area contributed by atoms with Crippen molar-refractivity contribution in [2.75, 3.05) is 72.1 Å². The van der Waals surface area contributed by atoms with Crippen molar-refractivity contribution < 1.29 is 9.53 Å². The number of carbonyl (C=O) groups is 1. The van der Waals surface area contributed by atoms with Crippen molar-refractivity contribution >= 4 is 5.91 Å². The Morgan fingerprint density at radius 2 is 1.89 bits per heavy atom. The lowest BCUT2D eigenvalue weighted by atomic mass is 10.1. The largest absolute Gasteiger partial charge is 0.379 e. The standard InChI is InChI=1S/C13H24N4O2/c18-13-10-14-9-12-11-16(3-4-17(12)13)2-1-15-5-7-19-8-6-15/h12,14H,1-11H2. The Morgan fingerprint density at radius 3 is 2.74 bits per heavy atom. The monoisotopic (exact) mass is 268 g/mol. The van der Waals surface area contributed by atoms with E-state index < -0.39 is 0 Å². The van der Waals surface area contributed by atoms with Crippen LogP contribution in [0.25, 0.3) is 0 Å². The van der Waals surface area contributed by atoms with Crippen LogP contribution in [-0.4, -0.2) is 98.8 Å². The maximum Gasteiger partial charge on any atom is 0.236 e. The zero-order valence-corrected chi connectivity index (χ0v) is 11.5. The van der Waals surface area contributed by atoms with Crippen LogP contribution in [0.1, 0.15) is 0 Å². The number of piperazine rings is 2. The number of morpholine rings is 1. The minimum absolute atomic E-state index is 0.268. The summed E-state index contributed by atoms with van der Waals surface area (Å²) in [5.74, 6) is 0.268. The van der Waals surface area contributed by atoms with Crippen molar-refractivity contribution in [1.29, 1.82) is 0 Å². The van der Waals surface area contributed by atoms with Crippen molar-refractivity contribution in [3.8, 4) is 0 Å². The molecule has 108 valence electrons. The molecule has 3 heterocycles. The van der Waals surface area contributed by atoms with Gasteiger partial charge in [-0.2, -0.15) is 0 Å². The third kappa shape index (κ3) is 3.25. The number of ether oxygens (including phenoxy) is 1. The van der Waals surface area contributed by atoms with Gasteiger partial charge in [0.05, 0.1) is 25.8 Å². The van der Waals surface area contributed by atoms with E-state index in [0.29, 0.717) is 12.6 Å². The first-order chi connectivity index (χ1) is 9.33. The highest BCUT2D eigenvalue weighted by molar-refractivity contribution is 5.79. The lowest BCUT2D eigenvalue weighted by Crippen LogP contribution is -2.63. The number of hydrogen-bond acceptors (Lipinski definition) is 5. The van der Waals surface area contributed by atoms with E-state index in [2.05, 4.69) is 20.0 Å². The molecule has 1 amide bonds. The van der Waals surface area contributed by atoms with Crippen molar-refractivity contribution in [3.63, 3.8) is 0 Å². The summed E-state index contributed by atoms with van der Waals surface area (Å²) in [4.78, 5) is 18.8. The summed E-state index contributed by atoms with van der Waals surface area (Å²) >= 11 is 0. The van der Waals surface area contributed by atoms with Gasteiger partial charge in [0, 0.05) is 52.4 Å². The molecule has 0 radical (unpaired) electrons. The summed E-state index contributed by atoms with van der Waals surface area (Å²) in [6.45, 7) is 10.5. The molecule has 0 aliphatic carbocycles. The van der Waals surface area contributed by atoms with Gasteiger partial charge >= 0.3 is 0 Å². The van der Waals surface area contributed by atoms with Crippen LogP contribution in [0.5, 0.6) is 0 Å². The molecule has 1 atom stereocenters. The van der Waals surface area contributed by atoms with E-state index in [-0.39, 0.29) is 5.91 Å². The Labute approximate surface area is 114 Å². The minimum atomic E-state index is 0.268. The average Bonchev–Trinajstić information content (AvgIpc) is 2.46. The fourth-order valence-corrected chi connectivity index (χ4v) is 3.18. The third-order valence-electron chi connectivity index (χ3n) is 4.38. The predicted octanol–water partition coefficient (Wildman–Crippen LogP) is -1.57. The smallest absolute Gasteiger partial charge is 0.236 e. The number of hydrogen-bond donors (Lipinski definition) is 1. The van der Waals surface area contributed by atoms with Gasteiger partial charge in [0.1, 0.15) is 0 Å². The molecular weight excluding hydrogens is 244 g/mol. The molecule has 3 fully saturated rings. The van der Waals surface area contributed by atoms with E-state index in [4.69, 9.17) is 4.74 Å². The molecule has 0 bridgehead atoms. The van der Waals surface area contributed by atoms with Crippen molar-refractivity contribution in [1.82, 2.24) is 20.0 Å². The van der Waals surface area contributed by atoms with Gasteiger partial charge in [0.15, 0.2) is 0 Å². The SMILES string of the molecule is O=C1CNCC2CN(CCN3CCOCC3)CCN12. The van der Waals surface area contributed by atoms with E-state index in [9.17, 15) is 4.79 Å². The van der Waals surface area contributed by atoms with E-state index in [1.807, 2.05) is 0 Å². The second-order valence-electron chi connectivity index (χ2n) is 5.63. The highest BCUT2D eigenvalue weighted by Gasteiger charge is 2.32. The van der Waals surface area contributed by atoms with Crippen LogP contribution >= 0.6 is 0 Å². The van der Waals surface area contributed by atoms with E-state index in [1.54, 1.807) is 0 Å². The molecule has 3 saturated heterocycles. The van der Waals surface area contributed by atoms with Gasteiger partial charge in [0.25, 0.3) is 0 Å². The third-order valence-corrected chi connectivity index (χ3v) is 4.38. The van der Waals surface area contributed by atoms with Crippen LogP contribution in [0.3, 0.4) is 0 Å². The Morgan fingerprint density at radius 1 is 1.11 bits per heavy atom. The van der Waals surface area contributed by atoms with Gasteiger partial charge in [-0.05, 0) is 0 Å². The van der Waals surface area contributed by atoms with Gasteiger partial charge in [-0.15, -0.1) is 0 Å². The number of nitrogens with zero attached hydrogens (tertiary/aromatic N) is 3. The summed E-state index contributed by atoms with van der Waals surface area (Å²) in [6, 6.07) is 0.375. The first-order valence-corrected chi connectivity index (χ1v) is 7.35. The van der Waals surface area contributed by atoms with E-state index in [0.717, 1.165) is 65.6 Å². The highest BCUT2D eigenvalue weighted by atomic mass is 16.5. The van der Waals surface area contributed by atoms with Gasteiger partial charge in [-0.3, -0.25) is 14.6 Å². The molecule has 3 aliphatic heterocycles. The van der Waals surface area contributed by atoms with Gasteiger partial charge in [0.2, 0.25) is 5.91 Å². The summed E-state index contributed by atoms with van der Waals surface area (Å²) in [5.41, 5.74) is 0. The van der Waals surface area contributed by atoms with Crippen LogP contribution in [0.4, 0.5) is 0 Å². The maximum atomic E-state index is 11.8. The van der Waals surface area contributed by atoms with E-state index in [1.165, 1.54) is 0 Å². The second kappa shape index (κ2) is 6.17. The second-order valence-corrected chi connectivity index (χ2v) is 5.63. The Hall–Kier alpha value is -0.690. The number of rotatable bonds is 3. The fourth-order valence-electron chi connectivity index (χ4n) is 3.18. The first kappa shape index (κ1) is 13.3. The van der Waals surface area contributed by atoms with Crippen molar-refractivity contribution in [2.24, 2.45) is 0 Å². The highest BCUT2D eigenvalue weighted by Crippen LogP contribution is 2.12. The van der Waals surface area contributed by atoms with Crippen LogP contribution in [-0.2, 0) is 9.53 Å². The fraction of sp³-hybridized carbons (Fsp3) is 0.923. The maximum absolute atomic E-state index is 11.8. The molecule has 0 aromatic heterocycles. The molecule has 0 saturated carbocycles. The van der Waals surface area contributed by atoms with Crippen molar-refractivity contribution in [2.45, 2.75) is 6.04 Å². The van der Waals surface area contributed by atoms with E-state index >= 15 is 0 Å². The molecule has 6 heteroatoms. The molecule has 19 heavy (non-hydrogen) atoms. The quantitative estimate of drug-likeness (QED) is 0.670. The molecule has 0 aromatic carbocycles. The number of amides is 1. The molecule has 3 aliphatic rings. The lowest BCUT2D eigenvalue weighted by molar-refractivity contribution is -0.137. The Balaban J connectivity index is 1.44. The van der Waals surface area contributed by atoms with Crippen LogP contribution in [0.2, 0.25) is 0 Å². The normalized spacial score (nSPS) is 30.4. The number of nitrogens with one attached hydrogen (secondary N) is 1.